The van der Waals surface area contributed by atoms with Gasteiger partial charge in [-0.2, -0.15) is 0 Å². The smallest absolute Gasteiger partial charge is 0.149 e. The maximum Gasteiger partial charge on any atom is 0.149 e. The first kappa shape index (κ1) is 12.1. The van der Waals surface area contributed by atoms with Crippen LogP contribution in [0.1, 0.15) is 39.0 Å². The van der Waals surface area contributed by atoms with Crippen molar-refractivity contribution in [1.82, 2.24) is 9.97 Å². The van der Waals surface area contributed by atoms with E-state index >= 15 is 0 Å². The molecule has 1 heterocycles. The molecule has 1 saturated carbocycles. The summed E-state index contributed by atoms with van der Waals surface area (Å²) in [4.78, 5) is 11.2. The molecule has 1 N–H and O–H groups in total. The van der Waals surface area contributed by atoms with Crippen LogP contribution in [0.5, 0.6) is 0 Å². The van der Waals surface area contributed by atoms with Crippen molar-refractivity contribution in [3.8, 4) is 0 Å². The van der Waals surface area contributed by atoms with E-state index in [1.54, 1.807) is 6.20 Å². The van der Waals surface area contributed by atoms with Crippen molar-refractivity contribution in [2.45, 2.75) is 45.1 Å². The van der Waals surface area contributed by atoms with Crippen molar-refractivity contribution in [3.63, 3.8) is 0 Å². The number of nitrogens with zero attached hydrogens (tertiary/aromatic N) is 3. The van der Waals surface area contributed by atoms with Crippen LogP contribution in [-0.4, -0.2) is 29.6 Å². The highest BCUT2D eigenvalue weighted by Crippen LogP contribution is 2.26. The molecule has 0 spiro atoms. The highest BCUT2D eigenvalue weighted by Gasteiger charge is 2.21. The second kappa shape index (κ2) is 5.84. The van der Waals surface area contributed by atoms with Gasteiger partial charge < -0.3 is 10.2 Å². The standard InChI is InChI=1S/C13H22N4/c1-3-17(11-7-5-4-6-8-11)13-10-15-9-12(14-2)16-13/h9-11H,3-8H2,1-2H3,(H,14,16). The van der Waals surface area contributed by atoms with Gasteiger partial charge in [0, 0.05) is 19.6 Å². The maximum absolute atomic E-state index is 4.59. The number of hydrogen-bond donors (Lipinski definition) is 1. The Hall–Kier alpha value is -1.32. The normalized spacial score (nSPS) is 16.8. The third kappa shape index (κ3) is 2.87. The van der Waals surface area contributed by atoms with E-state index in [1.165, 1.54) is 32.1 Å². The first-order chi connectivity index (χ1) is 8.35. The average molecular weight is 234 g/mol. The Kier molecular flexibility index (Phi) is 4.18. The van der Waals surface area contributed by atoms with Crippen molar-refractivity contribution < 1.29 is 0 Å². The minimum Gasteiger partial charge on any atom is -0.372 e. The Morgan fingerprint density at radius 3 is 2.71 bits per heavy atom. The largest absolute Gasteiger partial charge is 0.372 e. The Balaban J connectivity index is 2.15. The molecule has 94 valence electrons. The van der Waals surface area contributed by atoms with Gasteiger partial charge in [0.15, 0.2) is 0 Å². The van der Waals surface area contributed by atoms with E-state index in [9.17, 15) is 0 Å². The summed E-state index contributed by atoms with van der Waals surface area (Å²) in [6.07, 6.45) is 10.3. The maximum atomic E-state index is 4.59. The van der Waals surface area contributed by atoms with Gasteiger partial charge in [0.2, 0.25) is 0 Å². The molecular weight excluding hydrogens is 212 g/mol. The van der Waals surface area contributed by atoms with Crippen molar-refractivity contribution in [3.05, 3.63) is 12.4 Å². The molecule has 0 atom stereocenters. The van der Waals surface area contributed by atoms with E-state index in [4.69, 9.17) is 0 Å². The second-order valence-corrected chi connectivity index (χ2v) is 4.59. The molecule has 1 aromatic rings. The molecule has 0 radical (unpaired) electrons. The van der Waals surface area contributed by atoms with Crippen molar-refractivity contribution in [2.24, 2.45) is 0 Å². The summed E-state index contributed by atoms with van der Waals surface area (Å²) in [5, 5.41) is 3.05. The van der Waals surface area contributed by atoms with E-state index in [0.717, 1.165) is 18.2 Å². The Bertz CT molecular complexity index is 347. The molecule has 0 amide bonds. The van der Waals surface area contributed by atoms with E-state index in [-0.39, 0.29) is 0 Å². The predicted molar refractivity (Wildman–Crippen MR) is 71.5 cm³/mol. The van der Waals surface area contributed by atoms with Crippen LogP contribution in [0.3, 0.4) is 0 Å². The fourth-order valence-corrected chi connectivity index (χ4v) is 2.61. The topological polar surface area (TPSA) is 41.1 Å². The van der Waals surface area contributed by atoms with Crippen LogP contribution in [0.15, 0.2) is 12.4 Å². The van der Waals surface area contributed by atoms with Crippen LogP contribution < -0.4 is 10.2 Å². The fourth-order valence-electron chi connectivity index (χ4n) is 2.61. The lowest BCUT2D eigenvalue weighted by Gasteiger charge is -2.34. The highest BCUT2D eigenvalue weighted by atomic mass is 15.2. The zero-order valence-corrected chi connectivity index (χ0v) is 10.8. The van der Waals surface area contributed by atoms with Crippen LogP contribution in [0.2, 0.25) is 0 Å². The summed E-state index contributed by atoms with van der Waals surface area (Å²) in [6.45, 7) is 3.20. The van der Waals surface area contributed by atoms with Crippen LogP contribution in [0.4, 0.5) is 11.6 Å². The summed E-state index contributed by atoms with van der Waals surface area (Å²) < 4.78 is 0. The molecule has 1 aliphatic carbocycles. The zero-order valence-electron chi connectivity index (χ0n) is 10.8. The van der Waals surface area contributed by atoms with Gasteiger partial charge in [0.1, 0.15) is 11.6 Å². The molecule has 0 aliphatic heterocycles. The summed E-state index contributed by atoms with van der Waals surface area (Å²) in [6, 6.07) is 0.648. The lowest BCUT2D eigenvalue weighted by Crippen LogP contribution is -2.37. The lowest BCUT2D eigenvalue weighted by atomic mass is 9.94. The van der Waals surface area contributed by atoms with Crippen molar-refractivity contribution in [2.75, 3.05) is 23.8 Å². The molecular formula is C13H22N4. The van der Waals surface area contributed by atoms with E-state index in [0.29, 0.717) is 6.04 Å². The Labute approximate surface area is 103 Å². The monoisotopic (exact) mass is 234 g/mol. The molecule has 17 heavy (non-hydrogen) atoms. The summed E-state index contributed by atoms with van der Waals surface area (Å²) in [5.41, 5.74) is 0. The van der Waals surface area contributed by atoms with Gasteiger partial charge in [-0.05, 0) is 19.8 Å². The molecule has 0 saturated heterocycles. The minimum atomic E-state index is 0.648. The summed E-state index contributed by atoms with van der Waals surface area (Å²) in [5.74, 6) is 1.85. The van der Waals surface area contributed by atoms with E-state index in [2.05, 4.69) is 27.1 Å². The third-order valence-corrected chi connectivity index (χ3v) is 3.53. The number of aromatic nitrogens is 2. The van der Waals surface area contributed by atoms with Crippen LogP contribution in [0, 0.1) is 0 Å². The van der Waals surface area contributed by atoms with Gasteiger partial charge in [-0.15, -0.1) is 0 Å². The molecule has 4 heteroatoms. The highest BCUT2D eigenvalue weighted by molar-refractivity contribution is 5.44. The van der Waals surface area contributed by atoms with E-state index < -0.39 is 0 Å². The molecule has 4 nitrogen and oxygen atoms in total. The Morgan fingerprint density at radius 2 is 2.06 bits per heavy atom. The quantitative estimate of drug-likeness (QED) is 0.869. The summed E-state index contributed by atoms with van der Waals surface area (Å²) >= 11 is 0. The van der Waals surface area contributed by atoms with Gasteiger partial charge in [0.05, 0.1) is 12.4 Å². The SMILES string of the molecule is CCN(c1cncc(NC)n1)C1CCCCC1. The first-order valence-corrected chi connectivity index (χ1v) is 6.61. The molecule has 2 rings (SSSR count). The van der Waals surface area contributed by atoms with Gasteiger partial charge in [-0.3, -0.25) is 4.98 Å². The number of hydrogen-bond acceptors (Lipinski definition) is 4. The van der Waals surface area contributed by atoms with Gasteiger partial charge in [-0.1, -0.05) is 19.3 Å². The van der Waals surface area contributed by atoms with Crippen LogP contribution >= 0.6 is 0 Å². The molecule has 1 aromatic heterocycles. The minimum absolute atomic E-state index is 0.648. The number of anilines is 2. The number of rotatable bonds is 4. The van der Waals surface area contributed by atoms with Crippen LogP contribution in [0.25, 0.3) is 0 Å². The molecule has 1 aliphatic rings. The molecule has 0 aromatic carbocycles. The lowest BCUT2D eigenvalue weighted by molar-refractivity contribution is 0.416. The fraction of sp³-hybridized carbons (Fsp3) is 0.692. The zero-order chi connectivity index (χ0) is 12.1. The molecule has 0 bridgehead atoms. The molecule has 0 unspecified atom stereocenters. The number of nitrogens with one attached hydrogen (secondary N) is 1. The first-order valence-electron chi connectivity index (χ1n) is 6.61. The Morgan fingerprint density at radius 1 is 1.29 bits per heavy atom. The second-order valence-electron chi connectivity index (χ2n) is 4.59. The average Bonchev–Trinajstić information content (AvgIpc) is 2.41. The van der Waals surface area contributed by atoms with Crippen molar-refractivity contribution in [1.29, 1.82) is 0 Å². The summed E-state index contributed by atoms with van der Waals surface area (Å²) in [7, 11) is 1.88. The van der Waals surface area contributed by atoms with Gasteiger partial charge in [-0.25, -0.2) is 4.98 Å². The van der Waals surface area contributed by atoms with Crippen molar-refractivity contribution >= 4 is 11.6 Å². The third-order valence-electron chi connectivity index (χ3n) is 3.53. The molecule has 1 fully saturated rings. The van der Waals surface area contributed by atoms with Crippen LogP contribution in [-0.2, 0) is 0 Å². The van der Waals surface area contributed by atoms with Gasteiger partial charge in [0.25, 0.3) is 0 Å². The predicted octanol–water partition coefficient (Wildman–Crippen LogP) is 2.68. The van der Waals surface area contributed by atoms with Gasteiger partial charge >= 0.3 is 0 Å². The van der Waals surface area contributed by atoms with E-state index in [1.807, 2.05) is 13.2 Å².